The summed E-state index contributed by atoms with van der Waals surface area (Å²) in [5, 5.41) is 7.00. The summed E-state index contributed by atoms with van der Waals surface area (Å²) in [6.45, 7) is 16.0. The third-order valence-electron chi connectivity index (χ3n) is 3.68. The molecule has 1 aliphatic rings. The van der Waals surface area contributed by atoms with E-state index < -0.39 is 11.2 Å². The molecule has 0 aliphatic carbocycles. The monoisotopic (exact) mass is 407 g/mol. The molecule has 0 saturated carbocycles. The van der Waals surface area contributed by atoms with Gasteiger partial charge in [0.05, 0.1) is 0 Å². The van der Waals surface area contributed by atoms with Gasteiger partial charge < -0.3 is 19.5 Å². The van der Waals surface area contributed by atoms with Crippen LogP contribution in [0.3, 0.4) is 0 Å². The van der Waals surface area contributed by atoms with Crippen molar-refractivity contribution >= 4 is 12.1 Å². The Hall–Kier alpha value is -2.34. The molecule has 2 rings (SSSR count). The SMILES string of the molecule is C=CC(=O)OC(C)(C)C.CC(C)(C)OC(=O)N1CCC(c2ccccc2)C1.CO. The van der Waals surface area contributed by atoms with Gasteiger partial charge in [0.2, 0.25) is 0 Å². The van der Waals surface area contributed by atoms with Gasteiger partial charge in [-0.25, -0.2) is 9.59 Å². The maximum atomic E-state index is 11.9. The number of hydrogen-bond acceptors (Lipinski definition) is 5. The van der Waals surface area contributed by atoms with Gasteiger partial charge in [0.1, 0.15) is 11.2 Å². The van der Waals surface area contributed by atoms with E-state index in [9.17, 15) is 9.59 Å². The topological polar surface area (TPSA) is 76.1 Å². The van der Waals surface area contributed by atoms with E-state index in [1.165, 1.54) is 5.56 Å². The second kappa shape index (κ2) is 12.3. The zero-order valence-corrected chi connectivity index (χ0v) is 18.9. The van der Waals surface area contributed by atoms with Gasteiger partial charge in [0, 0.05) is 32.2 Å². The molecule has 1 atom stereocenters. The Morgan fingerprint density at radius 1 is 1.03 bits per heavy atom. The fourth-order valence-electron chi connectivity index (χ4n) is 2.59. The van der Waals surface area contributed by atoms with Gasteiger partial charge in [0.25, 0.3) is 0 Å². The summed E-state index contributed by atoms with van der Waals surface area (Å²) in [5.74, 6) is 0.0706. The Labute approximate surface area is 175 Å². The van der Waals surface area contributed by atoms with Crippen LogP contribution < -0.4 is 0 Å². The van der Waals surface area contributed by atoms with Gasteiger partial charge in [-0.15, -0.1) is 0 Å². The minimum atomic E-state index is -0.415. The molecule has 1 aromatic rings. The number of amides is 1. The molecule has 6 nitrogen and oxygen atoms in total. The lowest BCUT2D eigenvalue weighted by molar-refractivity contribution is -0.148. The summed E-state index contributed by atoms with van der Waals surface area (Å²) in [6, 6.07) is 10.4. The predicted molar refractivity (Wildman–Crippen MR) is 116 cm³/mol. The fourth-order valence-corrected chi connectivity index (χ4v) is 2.59. The largest absolute Gasteiger partial charge is 0.457 e. The molecular weight excluding hydrogens is 370 g/mol. The predicted octanol–water partition coefficient (Wildman–Crippen LogP) is 4.53. The lowest BCUT2D eigenvalue weighted by Crippen LogP contribution is -2.35. The van der Waals surface area contributed by atoms with Crippen molar-refractivity contribution in [2.24, 2.45) is 0 Å². The van der Waals surface area contributed by atoms with Crippen LogP contribution in [0.5, 0.6) is 0 Å². The highest BCUT2D eigenvalue weighted by molar-refractivity contribution is 5.81. The standard InChI is InChI=1S/C15H21NO2.C7H12O2.CH4O/c1-15(2,3)18-14(17)16-10-9-13(11-16)12-7-5-4-6-8-12;1-5-6(8)9-7(2,3)4;1-2/h4-8,13H,9-11H2,1-3H3;5H,1H2,2-4H3;2H,1H3. The van der Waals surface area contributed by atoms with Crippen LogP contribution in [0.25, 0.3) is 0 Å². The number of carbonyl (C=O) groups excluding carboxylic acids is 2. The maximum absolute atomic E-state index is 11.9. The molecular formula is C23H37NO5. The maximum Gasteiger partial charge on any atom is 0.410 e. The first-order valence-electron chi connectivity index (χ1n) is 9.74. The Kier molecular flexibility index (Phi) is 11.3. The number of esters is 1. The van der Waals surface area contributed by atoms with Crippen LogP contribution in [-0.4, -0.2) is 53.5 Å². The molecule has 0 spiro atoms. The molecule has 0 radical (unpaired) electrons. The van der Waals surface area contributed by atoms with Crippen molar-refractivity contribution in [2.75, 3.05) is 20.2 Å². The summed E-state index contributed by atoms with van der Waals surface area (Å²) in [4.78, 5) is 24.2. The van der Waals surface area contributed by atoms with E-state index in [4.69, 9.17) is 14.6 Å². The van der Waals surface area contributed by atoms with Crippen molar-refractivity contribution in [1.82, 2.24) is 4.90 Å². The average Bonchev–Trinajstić information content (AvgIpc) is 3.12. The minimum Gasteiger partial charge on any atom is -0.457 e. The first kappa shape index (κ1) is 26.7. The molecule has 0 bridgehead atoms. The number of benzene rings is 1. The molecule has 1 N–H and O–H groups in total. The third-order valence-corrected chi connectivity index (χ3v) is 3.68. The van der Waals surface area contributed by atoms with Crippen molar-refractivity contribution in [3.05, 3.63) is 48.6 Å². The lowest BCUT2D eigenvalue weighted by atomic mass is 9.99. The van der Waals surface area contributed by atoms with Crippen LogP contribution >= 0.6 is 0 Å². The van der Waals surface area contributed by atoms with Crippen LogP contribution in [0, 0.1) is 0 Å². The van der Waals surface area contributed by atoms with Crippen LogP contribution in [0.15, 0.2) is 43.0 Å². The smallest absolute Gasteiger partial charge is 0.410 e. The molecule has 164 valence electrons. The zero-order valence-electron chi connectivity index (χ0n) is 18.9. The Bertz CT molecular complexity index is 629. The summed E-state index contributed by atoms with van der Waals surface area (Å²) in [5.41, 5.74) is 0.497. The molecule has 1 unspecified atom stereocenters. The highest BCUT2D eigenvalue weighted by Gasteiger charge is 2.30. The lowest BCUT2D eigenvalue weighted by Gasteiger charge is -2.24. The second-order valence-corrected chi connectivity index (χ2v) is 8.56. The van der Waals surface area contributed by atoms with Crippen molar-refractivity contribution in [1.29, 1.82) is 0 Å². The zero-order chi connectivity index (χ0) is 22.7. The highest BCUT2D eigenvalue weighted by atomic mass is 16.6. The van der Waals surface area contributed by atoms with E-state index in [1.807, 2.05) is 64.6 Å². The first-order chi connectivity index (χ1) is 13.4. The van der Waals surface area contributed by atoms with Gasteiger partial charge in [-0.05, 0) is 53.5 Å². The highest BCUT2D eigenvalue weighted by Crippen LogP contribution is 2.27. The molecule has 1 amide bonds. The molecule has 1 saturated heterocycles. The van der Waals surface area contributed by atoms with E-state index in [2.05, 4.69) is 18.7 Å². The summed E-state index contributed by atoms with van der Waals surface area (Å²) >= 11 is 0. The Morgan fingerprint density at radius 2 is 1.55 bits per heavy atom. The third kappa shape index (κ3) is 12.0. The number of carbonyl (C=O) groups is 2. The number of ether oxygens (including phenoxy) is 2. The molecule has 1 aliphatic heterocycles. The Morgan fingerprint density at radius 3 is 1.97 bits per heavy atom. The van der Waals surface area contributed by atoms with E-state index in [0.29, 0.717) is 5.92 Å². The number of aliphatic hydroxyl groups is 1. The normalized spacial score (nSPS) is 15.9. The molecule has 29 heavy (non-hydrogen) atoms. The second-order valence-electron chi connectivity index (χ2n) is 8.56. The molecule has 1 fully saturated rings. The number of hydrogen-bond donors (Lipinski definition) is 1. The molecule has 0 aromatic heterocycles. The Balaban J connectivity index is 0.000000606. The van der Waals surface area contributed by atoms with Crippen molar-refractivity contribution in [3.8, 4) is 0 Å². The van der Waals surface area contributed by atoms with Gasteiger partial charge in [-0.2, -0.15) is 0 Å². The molecule has 6 heteroatoms. The van der Waals surface area contributed by atoms with Crippen LogP contribution in [0.1, 0.15) is 59.4 Å². The molecule has 1 heterocycles. The number of rotatable bonds is 2. The number of aliphatic hydroxyl groups excluding tert-OH is 1. The van der Waals surface area contributed by atoms with E-state index in [0.717, 1.165) is 32.7 Å². The fraction of sp³-hybridized carbons (Fsp3) is 0.565. The van der Waals surface area contributed by atoms with E-state index >= 15 is 0 Å². The van der Waals surface area contributed by atoms with Crippen molar-refractivity contribution in [3.63, 3.8) is 0 Å². The van der Waals surface area contributed by atoms with Crippen molar-refractivity contribution < 1.29 is 24.2 Å². The van der Waals surface area contributed by atoms with Gasteiger partial charge in [0.15, 0.2) is 0 Å². The van der Waals surface area contributed by atoms with E-state index in [1.54, 1.807) is 0 Å². The summed E-state index contributed by atoms with van der Waals surface area (Å²) in [6.07, 6.45) is 1.98. The van der Waals surface area contributed by atoms with Crippen LogP contribution in [0.2, 0.25) is 0 Å². The van der Waals surface area contributed by atoms with Crippen molar-refractivity contribution in [2.45, 2.75) is 65.1 Å². The van der Waals surface area contributed by atoms with Gasteiger partial charge in [-0.1, -0.05) is 36.9 Å². The number of nitrogens with zero attached hydrogens (tertiary/aromatic N) is 1. The van der Waals surface area contributed by atoms with Gasteiger partial charge >= 0.3 is 12.1 Å². The summed E-state index contributed by atoms with van der Waals surface area (Å²) in [7, 11) is 1.00. The minimum absolute atomic E-state index is 0.194. The first-order valence-corrected chi connectivity index (χ1v) is 9.74. The van der Waals surface area contributed by atoms with Gasteiger partial charge in [-0.3, -0.25) is 0 Å². The quantitative estimate of drug-likeness (QED) is 0.576. The number of likely N-dealkylation sites (tertiary alicyclic amines) is 1. The van der Waals surface area contributed by atoms with Crippen LogP contribution in [-0.2, 0) is 14.3 Å². The average molecular weight is 408 g/mol. The van der Waals surface area contributed by atoms with E-state index in [-0.39, 0.29) is 12.1 Å². The summed E-state index contributed by atoms with van der Waals surface area (Å²) < 4.78 is 10.2. The van der Waals surface area contributed by atoms with Crippen LogP contribution in [0.4, 0.5) is 4.79 Å². The molecule has 1 aromatic carbocycles.